The lowest BCUT2D eigenvalue weighted by Crippen LogP contribution is -2.32. The van der Waals surface area contributed by atoms with Gasteiger partial charge in [-0.3, -0.25) is 5.32 Å². The molecule has 0 radical (unpaired) electrons. The molecule has 1 heterocycles. The van der Waals surface area contributed by atoms with E-state index in [-0.39, 0.29) is 4.90 Å². The molecule has 2 rings (SSSR count). The number of sulfonamides is 1. The highest BCUT2D eigenvalue weighted by Crippen LogP contribution is 2.17. The number of hydrogen-bond acceptors (Lipinski definition) is 4. The summed E-state index contributed by atoms with van der Waals surface area (Å²) in [6, 6.07) is 5.57. The second-order valence-electron chi connectivity index (χ2n) is 4.86. The van der Waals surface area contributed by atoms with Crippen molar-refractivity contribution in [3.05, 3.63) is 24.3 Å². The number of benzene rings is 1. The van der Waals surface area contributed by atoms with Gasteiger partial charge in [0.15, 0.2) is 0 Å². The zero-order valence-electron chi connectivity index (χ0n) is 11.4. The number of anilines is 1. The summed E-state index contributed by atoms with van der Waals surface area (Å²) in [7, 11) is -3.57. The molecule has 3 N–H and O–H groups in total. The summed E-state index contributed by atoms with van der Waals surface area (Å²) >= 11 is 0. The molecule has 0 aliphatic carbocycles. The van der Waals surface area contributed by atoms with Crippen molar-refractivity contribution in [1.29, 1.82) is 0 Å². The summed E-state index contributed by atoms with van der Waals surface area (Å²) in [4.78, 5) is 10.6. The highest BCUT2D eigenvalue weighted by molar-refractivity contribution is 7.89. The van der Waals surface area contributed by atoms with Crippen molar-refractivity contribution >= 4 is 21.8 Å². The van der Waals surface area contributed by atoms with Gasteiger partial charge >= 0.3 is 6.09 Å². The molecule has 116 valence electrons. The van der Waals surface area contributed by atoms with Crippen LogP contribution in [0.15, 0.2) is 29.2 Å². The van der Waals surface area contributed by atoms with Crippen LogP contribution in [0.25, 0.3) is 0 Å². The molecule has 1 aromatic carbocycles. The Bertz CT molecular complexity index is 579. The summed E-state index contributed by atoms with van der Waals surface area (Å²) < 4.78 is 32.1. The van der Waals surface area contributed by atoms with Gasteiger partial charge in [-0.05, 0) is 43.0 Å². The first kappa shape index (κ1) is 15.7. The fourth-order valence-electron chi connectivity index (χ4n) is 2.10. The van der Waals surface area contributed by atoms with Gasteiger partial charge in [-0.15, -0.1) is 0 Å². The molecule has 1 aromatic rings. The van der Waals surface area contributed by atoms with Gasteiger partial charge in [-0.1, -0.05) is 0 Å². The fourth-order valence-corrected chi connectivity index (χ4v) is 3.22. The summed E-state index contributed by atoms with van der Waals surface area (Å²) in [5.74, 6) is 0.293. The van der Waals surface area contributed by atoms with Crippen LogP contribution in [-0.4, -0.2) is 39.4 Å². The summed E-state index contributed by atoms with van der Waals surface area (Å²) in [5, 5.41) is 10.7. The first-order valence-corrected chi connectivity index (χ1v) is 8.13. The van der Waals surface area contributed by atoms with Crippen LogP contribution in [0.4, 0.5) is 10.5 Å². The van der Waals surface area contributed by atoms with E-state index in [2.05, 4.69) is 10.0 Å². The van der Waals surface area contributed by atoms with Crippen LogP contribution in [-0.2, 0) is 14.8 Å². The first-order chi connectivity index (χ1) is 9.97. The van der Waals surface area contributed by atoms with Crippen molar-refractivity contribution in [3.8, 4) is 0 Å². The number of rotatable bonds is 5. The van der Waals surface area contributed by atoms with Gasteiger partial charge in [0.1, 0.15) is 0 Å². The van der Waals surface area contributed by atoms with Crippen LogP contribution in [0.2, 0.25) is 0 Å². The molecular weight excluding hydrogens is 296 g/mol. The van der Waals surface area contributed by atoms with E-state index in [1.165, 1.54) is 24.3 Å². The van der Waals surface area contributed by atoms with Crippen LogP contribution >= 0.6 is 0 Å². The lowest BCUT2D eigenvalue weighted by Gasteiger charge is -2.22. The predicted molar refractivity (Wildman–Crippen MR) is 76.8 cm³/mol. The van der Waals surface area contributed by atoms with Crippen molar-refractivity contribution in [2.75, 3.05) is 25.1 Å². The molecule has 0 saturated carbocycles. The maximum atomic E-state index is 12.1. The van der Waals surface area contributed by atoms with E-state index in [1.54, 1.807) is 0 Å². The molecule has 8 heteroatoms. The molecule has 0 atom stereocenters. The van der Waals surface area contributed by atoms with Crippen LogP contribution in [0.1, 0.15) is 12.8 Å². The molecule has 0 spiro atoms. The highest BCUT2D eigenvalue weighted by atomic mass is 32.2. The Kier molecular flexibility index (Phi) is 5.16. The van der Waals surface area contributed by atoms with E-state index in [1.807, 2.05) is 0 Å². The van der Waals surface area contributed by atoms with Gasteiger partial charge in [0.25, 0.3) is 0 Å². The normalized spacial score (nSPS) is 16.6. The number of amides is 1. The Labute approximate surface area is 123 Å². The molecule has 1 aliphatic rings. The fraction of sp³-hybridized carbons (Fsp3) is 0.462. The Morgan fingerprint density at radius 2 is 1.86 bits per heavy atom. The molecule has 7 nitrogen and oxygen atoms in total. The Morgan fingerprint density at radius 3 is 2.43 bits per heavy atom. The number of hydrogen-bond donors (Lipinski definition) is 3. The van der Waals surface area contributed by atoms with E-state index >= 15 is 0 Å². The molecule has 1 aliphatic heterocycles. The van der Waals surface area contributed by atoms with Gasteiger partial charge < -0.3 is 9.84 Å². The van der Waals surface area contributed by atoms with Crippen molar-refractivity contribution in [1.82, 2.24) is 4.72 Å². The summed E-state index contributed by atoms with van der Waals surface area (Å²) in [6.07, 6.45) is 0.511. The number of nitrogens with one attached hydrogen (secondary N) is 2. The zero-order valence-corrected chi connectivity index (χ0v) is 12.2. The van der Waals surface area contributed by atoms with Crippen LogP contribution in [0, 0.1) is 5.92 Å². The molecule has 1 saturated heterocycles. The topological polar surface area (TPSA) is 105 Å². The third kappa shape index (κ3) is 4.69. The minimum absolute atomic E-state index is 0.116. The molecule has 1 amide bonds. The van der Waals surface area contributed by atoms with E-state index < -0.39 is 16.1 Å². The van der Waals surface area contributed by atoms with Crippen LogP contribution in [0.5, 0.6) is 0 Å². The maximum absolute atomic E-state index is 12.1. The lowest BCUT2D eigenvalue weighted by atomic mass is 10.0. The number of carbonyl (C=O) groups is 1. The average Bonchev–Trinajstić information content (AvgIpc) is 2.46. The van der Waals surface area contributed by atoms with Crippen LogP contribution < -0.4 is 10.0 Å². The minimum Gasteiger partial charge on any atom is -0.465 e. The van der Waals surface area contributed by atoms with Gasteiger partial charge in [-0.25, -0.2) is 17.9 Å². The van der Waals surface area contributed by atoms with Gasteiger partial charge in [0, 0.05) is 25.4 Å². The monoisotopic (exact) mass is 314 g/mol. The summed E-state index contributed by atoms with van der Waals surface area (Å²) in [5.41, 5.74) is 0.325. The first-order valence-electron chi connectivity index (χ1n) is 6.65. The Hall–Kier alpha value is -1.64. The van der Waals surface area contributed by atoms with Crippen molar-refractivity contribution in [2.24, 2.45) is 5.92 Å². The molecule has 21 heavy (non-hydrogen) atoms. The summed E-state index contributed by atoms with van der Waals surface area (Å²) in [6.45, 7) is 1.73. The predicted octanol–water partition coefficient (Wildman–Crippen LogP) is 1.48. The number of carboxylic acid groups (broad SMARTS) is 1. The largest absolute Gasteiger partial charge is 0.465 e. The smallest absolute Gasteiger partial charge is 0.409 e. The Balaban J connectivity index is 1.96. The highest BCUT2D eigenvalue weighted by Gasteiger charge is 2.19. The SMILES string of the molecule is O=C(O)Nc1ccc(S(=O)(=O)NCC2CCOCC2)cc1. The van der Waals surface area contributed by atoms with Gasteiger partial charge in [0.2, 0.25) is 10.0 Å². The number of ether oxygens (including phenoxy) is 1. The molecular formula is C13H18N2O5S. The van der Waals surface area contributed by atoms with E-state index in [9.17, 15) is 13.2 Å². The quantitative estimate of drug-likeness (QED) is 0.763. The standard InChI is InChI=1S/C13H18N2O5S/c16-13(17)15-11-1-3-12(4-2-11)21(18,19)14-9-10-5-7-20-8-6-10/h1-4,10,14-15H,5-9H2,(H,16,17). The van der Waals surface area contributed by atoms with E-state index in [4.69, 9.17) is 9.84 Å². The van der Waals surface area contributed by atoms with Gasteiger partial charge in [0.05, 0.1) is 4.90 Å². The van der Waals surface area contributed by atoms with E-state index in [0.717, 1.165) is 12.8 Å². The van der Waals surface area contributed by atoms with E-state index in [0.29, 0.717) is 31.4 Å². The molecule has 0 aromatic heterocycles. The van der Waals surface area contributed by atoms with Crippen LogP contribution in [0.3, 0.4) is 0 Å². The second-order valence-corrected chi connectivity index (χ2v) is 6.63. The van der Waals surface area contributed by atoms with Gasteiger partial charge in [-0.2, -0.15) is 0 Å². The van der Waals surface area contributed by atoms with Crippen molar-refractivity contribution in [2.45, 2.75) is 17.7 Å². The second kappa shape index (κ2) is 6.88. The van der Waals surface area contributed by atoms with Crippen molar-refractivity contribution in [3.63, 3.8) is 0 Å². The molecule has 0 bridgehead atoms. The third-order valence-electron chi connectivity index (χ3n) is 3.32. The zero-order chi connectivity index (χ0) is 15.3. The third-order valence-corrected chi connectivity index (χ3v) is 4.76. The van der Waals surface area contributed by atoms with Crippen molar-refractivity contribution < 1.29 is 23.1 Å². The average molecular weight is 314 g/mol. The molecule has 1 fully saturated rings. The molecule has 0 unspecified atom stereocenters. The maximum Gasteiger partial charge on any atom is 0.409 e. The minimum atomic E-state index is -3.57. The lowest BCUT2D eigenvalue weighted by molar-refractivity contribution is 0.0678. The Morgan fingerprint density at radius 1 is 1.24 bits per heavy atom.